The van der Waals surface area contributed by atoms with Gasteiger partial charge in [0.05, 0.1) is 12.5 Å². The lowest BCUT2D eigenvalue weighted by Gasteiger charge is -1.99. The van der Waals surface area contributed by atoms with Gasteiger partial charge < -0.3 is 4.74 Å². The minimum absolute atomic E-state index is 0.847. The second-order valence-electron chi connectivity index (χ2n) is 4.05. The predicted octanol–water partition coefficient (Wildman–Crippen LogP) is 2.52. The fraction of sp³-hybridized carbons (Fsp3) is 0.0667. The van der Waals surface area contributed by atoms with Crippen molar-refractivity contribution in [1.29, 1.82) is 0 Å². The topological polar surface area (TPSA) is 26.0 Å². The average Bonchev–Trinajstić information content (AvgIpc) is 2.47. The second-order valence-corrected chi connectivity index (χ2v) is 4.05. The first-order chi connectivity index (χ1) is 8.86. The van der Waals surface area contributed by atoms with Crippen LogP contribution in [0.15, 0.2) is 60.9 Å². The third-order valence-electron chi connectivity index (χ3n) is 2.92. The quantitative estimate of drug-likeness (QED) is 0.640. The highest BCUT2D eigenvalue weighted by Crippen LogP contribution is 2.12. The Morgan fingerprint density at radius 1 is 0.944 bits per heavy atom. The van der Waals surface area contributed by atoms with Gasteiger partial charge in [-0.1, -0.05) is 22.9 Å². The first kappa shape index (κ1) is 10.7. The summed E-state index contributed by atoms with van der Waals surface area (Å²) in [5.41, 5.74) is 1.02. The number of ether oxygens (including phenoxy) is 1. The Kier molecular flexibility index (Phi) is 2.65. The molecule has 0 amide bonds. The summed E-state index contributed by atoms with van der Waals surface area (Å²) in [6.07, 6.45) is 3.90. The SMILES string of the molecule is COc1ccc(-[n+]2cc3ccccc3cn2)cc1. The van der Waals surface area contributed by atoms with Crippen LogP contribution in [0.5, 0.6) is 5.75 Å². The van der Waals surface area contributed by atoms with Crippen molar-refractivity contribution in [3.05, 3.63) is 60.9 Å². The molecule has 0 aliphatic carbocycles. The molecule has 0 aliphatic heterocycles. The zero-order chi connectivity index (χ0) is 12.4. The summed E-state index contributed by atoms with van der Waals surface area (Å²) >= 11 is 0. The van der Waals surface area contributed by atoms with E-state index >= 15 is 0 Å². The minimum atomic E-state index is 0.847. The second kappa shape index (κ2) is 4.45. The molecular formula is C15H13N2O+. The Morgan fingerprint density at radius 2 is 1.67 bits per heavy atom. The van der Waals surface area contributed by atoms with Crippen molar-refractivity contribution in [2.24, 2.45) is 0 Å². The number of fused-ring (bicyclic) bond motifs is 1. The summed E-state index contributed by atoms with van der Waals surface area (Å²) in [5.74, 6) is 0.847. The van der Waals surface area contributed by atoms with Crippen molar-refractivity contribution >= 4 is 10.8 Å². The first-order valence-corrected chi connectivity index (χ1v) is 5.78. The lowest BCUT2D eigenvalue weighted by Crippen LogP contribution is -2.34. The summed E-state index contributed by atoms with van der Waals surface area (Å²) in [7, 11) is 1.66. The van der Waals surface area contributed by atoms with Crippen LogP contribution < -0.4 is 9.42 Å². The number of aromatic nitrogens is 2. The standard InChI is InChI=1S/C15H13N2O/c1-18-15-8-6-14(7-9-15)17-11-13-5-3-2-4-12(13)10-16-17/h2-11H,1H3/q+1. The van der Waals surface area contributed by atoms with Gasteiger partial charge in [-0.3, -0.25) is 0 Å². The molecule has 0 bridgehead atoms. The number of rotatable bonds is 2. The maximum atomic E-state index is 5.15. The van der Waals surface area contributed by atoms with E-state index in [0.717, 1.165) is 16.8 Å². The number of nitrogens with zero attached hydrogens (tertiary/aromatic N) is 2. The van der Waals surface area contributed by atoms with E-state index in [-0.39, 0.29) is 0 Å². The maximum Gasteiger partial charge on any atom is 0.238 e. The molecule has 18 heavy (non-hydrogen) atoms. The Labute approximate surface area is 105 Å². The van der Waals surface area contributed by atoms with Gasteiger partial charge in [-0.25, -0.2) is 0 Å². The molecule has 3 heteroatoms. The molecule has 0 radical (unpaired) electrons. The zero-order valence-corrected chi connectivity index (χ0v) is 10.1. The van der Waals surface area contributed by atoms with Crippen LogP contribution >= 0.6 is 0 Å². The fourth-order valence-corrected chi connectivity index (χ4v) is 1.91. The zero-order valence-electron chi connectivity index (χ0n) is 10.1. The molecule has 3 rings (SSSR count). The molecule has 1 aromatic heterocycles. The van der Waals surface area contributed by atoms with Crippen molar-refractivity contribution in [2.45, 2.75) is 0 Å². The van der Waals surface area contributed by atoms with Crippen LogP contribution in [0.3, 0.4) is 0 Å². The minimum Gasteiger partial charge on any atom is -0.497 e. The lowest BCUT2D eigenvalue weighted by atomic mass is 10.2. The molecule has 0 unspecified atom stereocenters. The van der Waals surface area contributed by atoms with Crippen molar-refractivity contribution in [1.82, 2.24) is 5.10 Å². The highest BCUT2D eigenvalue weighted by Gasteiger charge is 2.08. The Morgan fingerprint density at radius 3 is 2.39 bits per heavy atom. The molecule has 2 aromatic carbocycles. The monoisotopic (exact) mass is 237 g/mol. The van der Waals surface area contributed by atoms with Crippen LogP contribution in [0.1, 0.15) is 0 Å². The Bertz CT molecular complexity index is 677. The van der Waals surface area contributed by atoms with Gasteiger partial charge in [0, 0.05) is 17.5 Å². The first-order valence-electron chi connectivity index (χ1n) is 5.78. The van der Waals surface area contributed by atoms with E-state index in [1.54, 1.807) is 7.11 Å². The van der Waals surface area contributed by atoms with Gasteiger partial charge in [0.1, 0.15) is 11.9 Å². The van der Waals surface area contributed by atoms with Crippen molar-refractivity contribution < 1.29 is 9.42 Å². The molecule has 0 atom stereocenters. The summed E-state index contributed by atoms with van der Waals surface area (Å²) < 4.78 is 7.01. The molecule has 3 nitrogen and oxygen atoms in total. The van der Waals surface area contributed by atoms with Gasteiger partial charge >= 0.3 is 0 Å². The Balaban J connectivity index is 2.07. The highest BCUT2D eigenvalue weighted by atomic mass is 16.5. The average molecular weight is 237 g/mol. The number of benzene rings is 2. The van der Waals surface area contributed by atoms with Crippen molar-refractivity contribution in [3.8, 4) is 11.4 Å². The van der Waals surface area contributed by atoms with Crippen molar-refractivity contribution in [2.75, 3.05) is 7.11 Å². The highest BCUT2D eigenvalue weighted by molar-refractivity contribution is 5.79. The van der Waals surface area contributed by atoms with E-state index in [0.29, 0.717) is 0 Å². The third kappa shape index (κ3) is 1.91. The van der Waals surface area contributed by atoms with Gasteiger partial charge in [-0.15, -0.1) is 0 Å². The van der Waals surface area contributed by atoms with Crippen LogP contribution in [-0.4, -0.2) is 12.2 Å². The maximum absolute atomic E-state index is 5.15. The van der Waals surface area contributed by atoms with Gasteiger partial charge in [0.15, 0.2) is 0 Å². The summed E-state index contributed by atoms with van der Waals surface area (Å²) in [6, 6.07) is 16.0. The molecule has 3 aromatic rings. The van der Waals surface area contributed by atoms with E-state index in [9.17, 15) is 0 Å². The van der Waals surface area contributed by atoms with Crippen LogP contribution in [-0.2, 0) is 0 Å². The number of hydrogen-bond donors (Lipinski definition) is 0. The Hall–Kier alpha value is -2.42. The number of methoxy groups -OCH3 is 1. The van der Waals surface area contributed by atoms with Crippen LogP contribution in [0, 0.1) is 0 Å². The van der Waals surface area contributed by atoms with E-state index in [2.05, 4.69) is 17.2 Å². The number of hydrogen-bond acceptors (Lipinski definition) is 2. The van der Waals surface area contributed by atoms with Gasteiger partial charge in [0.2, 0.25) is 11.9 Å². The molecule has 1 heterocycles. The van der Waals surface area contributed by atoms with E-state index in [4.69, 9.17) is 4.74 Å². The van der Waals surface area contributed by atoms with E-state index in [1.165, 1.54) is 5.39 Å². The molecule has 0 saturated carbocycles. The molecule has 0 spiro atoms. The third-order valence-corrected chi connectivity index (χ3v) is 2.92. The molecule has 0 N–H and O–H groups in total. The molecule has 0 fully saturated rings. The van der Waals surface area contributed by atoms with Crippen LogP contribution in [0.25, 0.3) is 16.5 Å². The molecular weight excluding hydrogens is 224 g/mol. The summed E-state index contributed by atoms with van der Waals surface area (Å²) in [5, 5.41) is 6.72. The fourth-order valence-electron chi connectivity index (χ4n) is 1.91. The van der Waals surface area contributed by atoms with Crippen LogP contribution in [0.2, 0.25) is 0 Å². The lowest BCUT2D eigenvalue weighted by molar-refractivity contribution is -0.658. The smallest absolute Gasteiger partial charge is 0.238 e. The predicted molar refractivity (Wildman–Crippen MR) is 69.8 cm³/mol. The van der Waals surface area contributed by atoms with E-state index < -0.39 is 0 Å². The van der Waals surface area contributed by atoms with Gasteiger partial charge in [-0.05, 0) is 23.3 Å². The summed E-state index contributed by atoms with van der Waals surface area (Å²) in [4.78, 5) is 0. The molecule has 88 valence electrons. The largest absolute Gasteiger partial charge is 0.497 e. The van der Waals surface area contributed by atoms with Gasteiger partial charge in [0.25, 0.3) is 0 Å². The molecule has 0 aliphatic rings. The van der Waals surface area contributed by atoms with Crippen LogP contribution in [0.4, 0.5) is 0 Å². The normalized spacial score (nSPS) is 10.5. The van der Waals surface area contributed by atoms with E-state index in [1.807, 2.05) is 53.5 Å². The van der Waals surface area contributed by atoms with Gasteiger partial charge in [-0.2, -0.15) is 0 Å². The van der Waals surface area contributed by atoms with Crippen molar-refractivity contribution in [3.63, 3.8) is 0 Å². The molecule has 0 saturated heterocycles. The summed E-state index contributed by atoms with van der Waals surface area (Å²) in [6.45, 7) is 0.